The van der Waals surface area contributed by atoms with E-state index in [-0.39, 0.29) is 18.2 Å². The van der Waals surface area contributed by atoms with Crippen molar-refractivity contribution in [2.24, 2.45) is 5.92 Å². The summed E-state index contributed by atoms with van der Waals surface area (Å²) in [5.74, 6) is -1.01. The average Bonchev–Trinajstić information content (AvgIpc) is 2.14. The molecule has 0 aliphatic rings. The van der Waals surface area contributed by atoms with Crippen LogP contribution >= 0.6 is 0 Å². The van der Waals surface area contributed by atoms with Gasteiger partial charge in [-0.2, -0.15) is 0 Å². The number of carboxylic acids is 1. The van der Waals surface area contributed by atoms with Gasteiger partial charge in [-0.05, 0) is 27.3 Å². The summed E-state index contributed by atoms with van der Waals surface area (Å²) in [6, 6.07) is 0. The third kappa shape index (κ3) is 6.40. The van der Waals surface area contributed by atoms with Crippen LogP contribution in [-0.2, 0) is 9.59 Å². The molecule has 0 heterocycles. The van der Waals surface area contributed by atoms with Crippen molar-refractivity contribution in [2.75, 3.05) is 13.6 Å². The molecule has 0 saturated heterocycles. The van der Waals surface area contributed by atoms with Crippen LogP contribution in [0.5, 0.6) is 0 Å². The molecule has 0 aliphatic heterocycles. The van der Waals surface area contributed by atoms with Gasteiger partial charge in [-0.15, -0.1) is 0 Å². The maximum absolute atomic E-state index is 11.7. The van der Waals surface area contributed by atoms with Crippen LogP contribution in [0.15, 0.2) is 0 Å². The summed E-state index contributed by atoms with van der Waals surface area (Å²) in [7, 11) is 1.79. The van der Waals surface area contributed by atoms with Crippen molar-refractivity contribution in [3.8, 4) is 0 Å². The van der Waals surface area contributed by atoms with Gasteiger partial charge in [-0.3, -0.25) is 9.59 Å². The number of aliphatic carboxylic acids is 1. The van der Waals surface area contributed by atoms with E-state index in [2.05, 4.69) is 10.6 Å². The van der Waals surface area contributed by atoms with Crippen molar-refractivity contribution < 1.29 is 14.7 Å². The summed E-state index contributed by atoms with van der Waals surface area (Å²) in [6.07, 6.45) is 0.494. The van der Waals surface area contributed by atoms with Crippen molar-refractivity contribution in [1.82, 2.24) is 10.6 Å². The fourth-order valence-electron chi connectivity index (χ4n) is 1.34. The van der Waals surface area contributed by atoms with Gasteiger partial charge in [-0.25, -0.2) is 0 Å². The predicted molar refractivity (Wildman–Crippen MR) is 62.2 cm³/mol. The minimum Gasteiger partial charge on any atom is -0.481 e. The van der Waals surface area contributed by atoms with E-state index < -0.39 is 11.5 Å². The van der Waals surface area contributed by atoms with Gasteiger partial charge < -0.3 is 15.7 Å². The number of hydrogen-bond acceptors (Lipinski definition) is 3. The minimum absolute atomic E-state index is 0.0512. The van der Waals surface area contributed by atoms with E-state index in [4.69, 9.17) is 5.11 Å². The summed E-state index contributed by atoms with van der Waals surface area (Å²) >= 11 is 0. The highest BCUT2D eigenvalue weighted by Crippen LogP contribution is 2.12. The molecule has 0 aliphatic carbocycles. The molecule has 3 N–H and O–H groups in total. The van der Waals surface area contributed by atoms with Crippen molar-refractivity contribution in [3.05, 3.63) is 0 Å². The second-order valence-corrected chi connectivity index (χ2v) is 4.73. The van der Waals surface area contributed by atoms with Crippen LogP contribution in [0.25, 0.3) is 0 Å². The highest BCUT2D eigenvalue weighted by atomic mass is 16.4. The van der Waals surface area contributed by atoms with Crippen LogP contribution in [0.4, 0.5) is 0 Å². The molecule has 94 valence electrons. The zero-order valence-corrected chi connectivity index (χ0v) is 10.5. The molecule has 0 saturated carbocycles. The van der Waals surface area contributed by atoms with E-state index >= 15 is 0 Å². The summed E-state index contributed by atoms with van der Waals surface area (Å²) in [5, 5.41) is 14.4. The van der Waals surface area contributed by atoms with Crippen molar-refractivity contribution >= 4 is 11.9 Å². The molecule has 0 radical (unpaired) electrons. The highest BCUT2D eigenvalue weighted by Gasteiger charge is 2.23. The van der Waals surface area contributed by atoms with E-state index in [0.29, 0.717) is 13.0 Å². The number of rotatable bonds is 7. The summed E-state index contributed by atoms with van der Waals surface area (Å²) < 4.78 is 0. The molecule has 1 unspecified atom stereocenters. The lowest BCUT2D eigenvalue weighted by Crippen LogP contribution is -2.47. The lowest BCUT2D eigenvalue weighted by atomic mass is 9.97. The first kappa shape index (κ1) is 14.9. The van der Waals surface area contributed by atoms with Crippen LogP contribution in [0.2, 0.25) is 0 Å². The summed E-state index contributed by atoms with van der Waals surface area (Å²) in [5.41, 5.74) is -0.475. The number of hydrogen-bond donors (Lipinski definition) is 3. The van der Waals surface area contributed by atoms with Crippen LogP contribution in [0, 0.1) is 5.92 Å². The van der Waals surface area contributed by atoms with Gasteiger partial charge in [-0.1, -0.05) is 6.92 Å². The molecule has 16 heavy (non-hydrogen) atoms. The molecule has 0 aromatic heterocycles. The van der Waals surface area contributed by atoms with Crippen molar-refractivity contribution in [1.29, 1.82) is 0 Å². The molecule has 0 aromatic rings. The summed E-state index contributed by atoms with van der Waals surface area (Å²) in [6.45, 7) is 6.11. The molecular formula is C11H22N2O3. The van der Waals surface area contributed by atoms with E-state index in [1.807, 2.05) is 20.8 Å². The maximum atomic E-state index is 11.7. The lowest BCUT2D eigenvalue weighted by molar-refractivity contribution is -0.138. The molecule has 1 atom stereocenters. The average molecular weight is 230 g/mol. The number of carbonyl (C=O) groups is 2. The predicted octanol–water partition coefficient (Wildman–Crippen LogP) is 0.601. The number of nitrogens with one attached hydrogen (secondary N) is 2. The molecule has 1 amide bonds. The Bertz CT molecular complexity index is 252. The SMILES string of the molecule is CNCC(C)C(=O)NC(C)(C)CCC(=O)O. The first-order chi connectivity index (χ1) is 7.28. The molecule has 5 nitrogen and oxygen atoms in total. The van der Waals surface area contributed by atoms with Gasteiger partial charge in [0.15, 0.2) is 0 Å². The van der Waals surface area contributed by atoms with Gasteiger partial charge >= 0.3 is 5.97 Å². The Morgan fingerprint density at radius 1 is 1.38 bits per heavy atom. The zero-order valence-electron chi connectivity index (χ0n) is 10.5. The van der Waals surface area contributed by atoms with Crippen LogP contribution in [0.1, 0.15) is 33.6 Å². The van der Waals surface area contributed by atoms with E-state index in [1.165, 1.54) is 0 Å². The Balaban J connectivity index is 4.13. The monoisotopic (exact) mass is 230 g/mol. The minimum atomic E-state index is -0.842. The molecule has 0 fully saturated rings. The molecule has 0 aromatic carbocycles. The number of carbonyl (C=O) groups excluding carboxylic acids is 1. The van der Waals surface area contributed by atoms with Crippen LogP contribution < -0.4 is 10.6 Å². The van der Waals surface area contributed by atoms with Gasteiger partial charge in [0, 0.05) is 24.4 Å². The smallest absolute Gasteiger partial charge is 0.303 e. The second kappa shape index (κ2) is 6.48. The normalized spacial score (nSPS) is 13.2. The Hall–Kier alpha value is -1.10. The molecule has 5 heteroatoms. The lowest BCUT2D eigenvalue weighted by Gasteiger charge is -2.27. The van der Waals surface area contributed by atoms with Crippen LogP contribution in [-0.4, -0.2) is 36.1 Å². The van der Waals surface area contributed by atoms with Crippen LogP contribution in [0.3, 0.4) is 0 Å². The quantitative estimate of drug-likeness (QED) is 0.598. The van der Waals surface area contributed by atoms with Gasteiger partial charge in [0.2, 0.25) is 5.91 Å². The fourth-order valence-corrected chi connectivity index (χ4v) is 1.34. The van der Waals surface area contributed by atoms with Gasteiger partial charge in [0.25, 0.3) is 0 Å². The Labute approximate surface area is 96.6 Å². The first-order valence-electron chi connectivity index (χ1n) is 5.47. The Kier molecular flexibility index (Phi) is 6.03. The van der Waals surface area contributed by atoms with E-state index in [0.717, 1.165) is 0 Å². The van der Waals surface area contributed by atoms with E-state index in [1.54, 1.807) is 7.05 Å². The number of amides is 1. The third-order valence-corrected chi connectivity index (χ3v) is 2.38. The van der Waals surface area contributed by atoms with E-state index in [9.17, 15) is 9.59 Å². The third-order valence-electron chi connectivity index (χ3n) is 2.38. The van der Waals surface area contributed by atoms with Gasteiger partial charge in [0.05, 0.1) is 0 Å². The Morgan fingerprint density at radius 3 is 2.38 bits per heavy atom. The summed E-state index contributed by atoms with van der Waals surface area (Å²) in [4.78, 5) is 22.1. The molecular weight excluding hydrogens is 208 g/mol. The molecule has 0 rings (SSSR count). The van der Waals surface area contributed by atoms with Crippen molar-refractivity contribution in [2.45, 2.75) is 39.2 Å². The largest absolute Gasteiger partial charge is 0.481 e. The highest BCUT2D eigenvalue weighted by molar-refractivity contribution is 5.79. The number of carboxylic acid groups (broad SMARTS) is 1. The standard InChI is InChI=1S/C11H22N2O3/c1-8(7-12-4)10(16)13-11(2,3)6-5-9(14)15/h8,12H,5-7H2,1-4H3,(H,13,16)(H,14,15). The zero-order chi connectivity index (χ0) is 12.8. The fraction of sp³-hybridized carbons (Fsp3) is 0.818. The van der Waals surface area contributed by atoms with Crippen molar-refractivity contribution in [3.63, 3.8) is 0 Å². The topological polar surface area (TPSA) is 78.4 Å². The first-order valence-corrected chi connectivity index (χ1v) is 5.47. The molecule has 0 spiro atoms. The van der Waals surface area contributed by atoms with Gasteiger partial charge in [0.1, 0.15) is 0 Å². The Morgan fingerprint density at radius 2 is 1.94 bits per heavy atom. The second-order valence-electron chi connectivity index (χ2n) is 4.73. The maximum Gasteiger partial charge on any atom is 0.303 e. The molecule has 0 bridgehead atoms.